The first-order valence-corrected chi connectivity index (χ1v) is 12.6. The van der Waals surface area contributed by atoms with E-state index in [1.807, 2.05) is 25.1 Å². The molecule has 2 aliphatic rings. The quantitative estimate of drug-likeness (QED) is 0.407. The molecule has 0 bridgehead atoms. The molecule has 2 aliphatic carbocycles. The summed E-state index contributed by atoms with van der Waals surface area (Å²) in [4.78, 5) is 37.4. The Balaban J connectivity index is 1.39. The van der Waals surface area contributed by atoms with Gasteiger partial charge in [0.05, 0.1) is 23.7 Å². The van der Waals surface area contributed by atoms with Gasteiger partial charge in [-0.25, -0.2) is 14.4 Å². The van der Waals surface area contributed by atoms with Gasteiger partial charge in [0.25, 0.3) is 5.91 Å². The van der Waals surface area contributed by atoms with Crippen LogP contribution >= 0.6 is 0 Å². The number of carbonyl (C=O) groups excluding carboxylic acids is 2. The highest BCUT2D eigenvalue weighted by molar-refractivity contribution is 6.09. The number of nitrogens with zero attached hydrogens (tertiary/aromatic N) is 2. The number of hydrogen-bond acceptors (Lipinski definition) is 6. The molecule has 10 heteroatoms. The molecule has 2 amide bonds. The summed E-state index contributed by atoms with van der Waals surface area (Å²) < 4.78 is 25.7. The van der Waals surface area contributed by atoms with Crippen LogP contribution in [0.15, 0.2) is 24.5 Å². The van der Waals surface area contributed by atoms with Crippen LogP contribution in [0, 0.1) is 19.8 Å². The maximum absolute atomic E-state index is 14.7. The first-order valence-electron chi connectivity index (χ1n) is 12.6. The molecule has 3 aromatic rings. The van der Waals surface area contributed by atoms with Crippen molar-refractivity contribution in [2.45, 2.75) is 57.8 Å². The lowest BCUT2D eigenvalue weighted by Gasteiger charge is -2.15. The normalized spacial score (nSPS) is 21.2. The summed E-state index contributed by atoms with van der Waals surface area (Å²) in [6, 6.07) is 4.89. The molecule has 2 heterocycles. The predicted molar refractivity (Wildman–Crippen MR) is 136 cm³/mol. The number of aryl methyl sites for hydroxylation is 2. The Bertz CT molecular complexity index is 1320. The molecule has 9 nitrogen and oxygen atoms in total. The second-order valence-electron chi connectivity index (χ2n) is 10.1. The predicted octanol–water partition coefficient (Wildman–Crippen LogP) is 3.39. The van der Waals surface area contributed by atoms with Crippen molar-refractivity contribution in [2.75, 3.05) is 20.3 Å². The maximum atomic E-state index is 14.7. The molecule has 0 unspecified atom stereocenters. The SMILES string of the molecule is COCC(=O)N[C@@H]1C[C@@H](F)[C@H](NC(=O)c2c(C)[nH]c3c(-c4cc(C)ccc4OCC4CC4)ncnc23)C1. The molecule has 0 spiro atoms. The van der Waals surface area contributed by atoms with E-state index in [-0.39, 0.29) is 25.0 Å². The summed E-state index contributed by atoms with van der Waals surface area (Å²) in [5.74, 6) is 0.619. The third kappa shape index (κ3) is 5.44. The molecule has 0 saturated heterocycles. The van der Waals surface area contributed by atoms with Crippen LogP contribution < -0.4 is 15.4 Å². The molecule has 37 heavy (non-hydrogen) atoms. The van der Waals surface area contributed by atoms with Gasteiger partial charge in [0, 0.05) is 30.8 Å². The summed E-state index contributed by atoms with van der Waals surface area (Å²) in [6.07, 6.45) is 2.98. The number of nitrogens with one attached hydrogen (secondary N) is 3. The minimum atomic E-state index is -1.27. The first kappa shape index (κ1) is 25.1. The Morgan fingerprint density at radius 3 is 2.73 bits per heavy atom. The van der Waals surface area contributed by atoms with Gasteiger partial charge in [-0.05, 0) is 51.2 Å². The molecule has 2 saturated carbocycles. The summed E-state index contributed by atoms with van der Waals surface area (Å²) in [5, 5.41) is 5.57. The van der Waals surface area contributed by atoms with Crippen molar-refractivity contribution in [1.82, 2.24) is 25.6 Å². The third-order valence-corrected chi connectivity index (χ3v) is 7.00. The van der Waals surface area contributed by atoms with Gasteiger partial charge in [0.2, 0.25) is 5.91 Å². The number of halogens is 1. The Kier molecular flexibility index (Phi) is 7.10. The van der Waals surface area contributed by atoms with Gasteiger partial charge in [-0.1, -0.05) is 11.6 Å². The molecule has 2 fully saturated rings. The number of hydrogen-bond donors (Lipinski definition) is 3. The highest BCUT2D eigenvalue weighted by atomic mass is 19.1. The minimum absolute atomic E-state index is 0.0880. The lowest BCUT2D eigenvalue weighted by molar-refractivity contribution is -0.125. The van der Waals surface area contributed by atoms with E-state index in [0.717, 1.165) is 16.9 Å². The highest BCUT2D eigenvalue weighted by Gasteiger charge is 2.37. The summed E-state index contributed by atoms with van der Waals surface area (Å²) in [6.45, 7) is 4.37. The van der Waals surface area contributed by atoms with Crippen molar-refractivity contribution in [3.05, 3.63) is 41.3 Å². The number of rotatable bonds is 9. The number of carbonyl (C=O) groups is 2. The molecule has 196 valence electrons. The average molecular weight is 510 g/mol. The van der Waals surface area contributed by atoms with Crippen LogP contribution in [0.25, 0.3) is 22.3 Å². The molecule has 0 radical (unpaired) electrons. The van der Waals surface area contributed by atoms with Gasteiger partial charge in [-0.15, -0.1) is 0 Å². The first-order chi connectivity index (χ1) is 17.8. The van der Waals surface area contributed by atoms with Gasteiger partial charge >= 0.3 is 0 Å². The van der Waals surface area contributed by atoms with E-state index in [2.05, 4.69) is 25.6 Å². The Morgan fingerprint density at radius 2 is 1.97 bits per heavy atom. The largest absolute Gasteiger partial charge is 0.493 e. The number of aromatic nitrogens is 3. The monoisotopic (exact) mass is 509 g/mol. The summed E-state index contributed by atoms with van der Waals surface area (Å²) in [5.41, 5.74) is 4.59. The van der Waals surface area contributed by atoms with Crippen molar-refractivity contribution >= 4 is 22.8 Å². The van der Waals surface area contributed by atoms with Gasteiger partial charge in [0.1, 0.15) is 36.1 Å². The molecule has 3 N–H and O–H groups in total. The number of aromatic amines is 1. The van der Waals surface area contributed by atoms with Crippen molar-refractivity contribution in [3.8, 4) is 17.0 Å². The fourth-order valence-corrected chi connectivity index (χ4v) is 4.94. The van der Waals surface area contributed by atoms with Gasteiger partial charge in [-0.3, -0.25) is 9.59 Å². The second kappa shape index (κ2) is 10.5. The van der Waals surface area contributed by atoms with Gasteiger partial charge in [0.15, 0.2) is 0 Å². The Hall–Kier alpha value is -3.53. The molecule has 3 atom stereocenters. The number of H-pyrrole nitrogens is 1. The fourth-order valence-electron chi connectivity index (χ4n) is 4.94. The van der Waals surface area contributed by atoms with Crippen molar-refractivity contribution < 1.29 is 23.5 Å². The zero-order chi connectivity index (χ0) is 26.1. The van der Waals surface area contributed by atoms with E-state index in [4.69, 9.17) is 9.47 Å². The topological polar surface area (TPSA) is 118 Å². The molecular formula is C27H32FN5O4. The number of alkyl halides is 1. The number of fused-ring (bicyclic) bond motifs is 1. The minimum Gasteiger partial charge on any atom is -0.493 e. The summed E-state index contributed by atoms with van der Waals surface area (Å²) >= 11 is 0. The fraction of sp³-hybridized carbons (Fsp3) is 0.481. The van der Waals surface area contributed by atoms with Crippen LogP contribution in [0.2, 0.25) is 0 Å². The Morgan fingerprint density at radius 1 is 1.16 bits per heavy atom. The summed E-state index contributed by atoms with van der Waals surface area (Å²) in [7, 11) is 1.43. The van der Waals surface area contributed by atoms with E-state index in [1.54, 1.807) is 6.92 Å². The lowest BCUT2D eigenvalue weighted by Crippen LogP contribution is -2.40. The van der Waals surface area contributed by atoms with Crippen molar-refractivity contribution in [2.24, 2.45) is 5.92 Å². The number of ether oxygens (including phenoxy) is 2. The van der Waals surface area contributed by atoms with E-state index in [1.165, 1.54) is 26.3 Å². The highest BCUT2D eigenvalue weighted by Crippen LogP contribution is 2.37. The molecule has 2 aromatic heterocycles. The second-order valence-corrected chi connectivity index (χ2v) is 10.1. The van der Waals surface area contributed by atoms with Crippen LogP contribution in [0.4, 0.5) is 4.39 Å². The zero-order valence-electron chi connectivity index (χ0n) is 21.3. The smallest absolute Gasteiger partial charge is 0.255 e. The van der Waals surface area contributed by atoms with Crippen molar-refractivity contribution in [3.63, 3.8) is 0 Å². The van der Waals surface area contributed by atoms with Gasteiger partial charge in [-0.2, -0.15) is 0 Å². The molecule has 1 aromatic carbocycles. The van der Waals surface area contributed by atoms with E-state index in [0.29, 0.717) is 46.9 Å². The van der Waals surface area contributed by atoms with Crippen LogP contribution in [0.1, 0.15) is 47.3 Å². The molecular weight excluding hydrogens is 477 g/mol. The van der Waals surface area contributed by atoms with Crippen LogP contribution in [0.5, 0.6) is 5.75 Å². The number of benzene rings is 1. The van der Waals surface area contributed by atoms with E-state index < -0.39 is 18.1 Å². The molecule has 0 aliphatic heterocycles. The average Bonchev–Trinajstić information content (AvgIpc) is 3.53. The van der Waals surface area contributed by atoms with Crippen LogP contribution in [0.3, 0.4) is 0 Å². The Labute approximate surface area is 214 Å². The van der Waals surface area contributed by atoms with Gasteiger partial charge < -0.3 is 25.1 Å². The van der Waals surface area contributed by atoms with Crippen LogP contribution in [-0.4, -0.2) is 65.3 Å². The standard InChI is InChI=1S/C27H32FN5O4/c1-14-4-7-21(37-11-16-5-6-16)18(8-14)24-26-25(30-13-29-24)23(15(2)31-26)27(35)33-20-10-17(9-19(20)28)32-22(34)12-36-3/h4,7-8,13,16-17,19-20,31H,5-6,9-12H2,1-3H3,(H,32,34)(H,33,35)/t17-,19-,20-/m1/s1. The zero-order valence-corrected chi connectivity index (χ0v) is 21.3. The van der Waals surface area contributed by atoms with E-state index >= 15 is 0 Å². The van der Waals surface area contributed by atoms with Crippen molar-refractivity contribution in [1.29, 1.82) is 0 Å². The lowest BCUT2D eigenvalue weighted by atomic mass is 10.1. The number of amides is 2. The number of methoxy groups -OCH3 is 1. The third-order valence-electron chi connectivity index (χ3n) is 7.00. The van der Waals surface area contributed by atoms with Crippen LogP contribution in [-0.2, 0) is 9.53 Å². The maximum Gasteiger partial charge on any atom is 0.255 e. The molecule has 5 rings (SSSR count). The van der Waals surface area contributed by atoms with E-state index in [9.17, 15) is 14.0 Å².